The van der Waals surface area contributed by atoms with E-state index < -0.39 is 0 Å². The third kappa shape index (κ3) is 1.16. The Morgan fingerprint density at radius 2 is 2.14 bits per heavy atom. The topological polar surface area (TPSA) is 21.1 Å². The van der Waals surface area contributed by atoms with Crippen molar-refractivity contribution in [1.82, 2.24) is 14.5 Å². The maximum absolute atomic E-state index is 4.38. The van der Waals surface area contributed by atoms with E-state index in [1.807, 2.05) is 24.5 Å². The van der Waals surface area contributed by atoms with E-state index in [-0.39, 0.29) is 0 Å². The van der Waals surface area contributed by atoms with E-state index in [9.17, 15) is 0 Å². The Bertz CT molecular complexity index is 399. The standard InChI is InChI=1S/C11H15N3/c1-8(2)14-7-12-11-9(3)13(4)6-5-10(11)14/h5-8H,3H2,1-2,4H3. The molecule has 0 atom stereocenters. The van der Waals surface area contributed by atoms with Crippen LogP contribution in [-0.2, 0) is 0 Å². The Hall–Kier alpha value is -1.51. The Kier molecular flexibility index (Phi) is 1.95. The highest BCUT2D eigenvalue weighted by Crippen LogP contribution is 2.27. The molecule has 0 saturated carbocycles. The Labute approximate surface area is 84.4 Å². The van der Waals surface area contributed by atoms with E-state index >= 15 is 0 Å². The maximum atomic E-state index is 4.38. The van der Waals surface area contributed by atoms with Crippen LogP contribution < -0.4 is 0 Å². The normalized spacial score (nSPS) is 15.1. The number of nitrogens with zero attached hydrogens (tertiary/aromatic N) is 3. The first-order chi connectivity index (χ1) is 6.61. The second kappa shape index (κ2) is 3.01. The van der Waals surface area contributed by atoms with Crippen molar-refractivity contribution >= 4 is 11.8 Å². The van der Waals surface area contributed by atoms with Gasteiger partial charge in [-0.1, -0.05) is 6.58 Å². The highest BCUT2D eigenvalue weighted by molar-refractivity contribution is 5.72. The zero-order valence-corrected chi connectivity index (χ0v) is 8.86. The van der Waals surface area contributed by atoms with Gasteiger partial charge in [-0.25, -0.2) is 4.98 Å². The van der Waals surface area contributed by atoms with Crippen LogP contribution in [-0.4, -0.2) is 21.5 Å². The van der Waals surface area contributed by atoms with Gasteiger partial charge in [0.2, 0.25) is 0 Å². The predicted octanol–water partition coefficient (Wildman–Crippen LogP) is 2.35. The van der Waals surface area contributed by atoms with Crippen molar-refractivity contribution in [1.29, 1.82) is 0 Å². The molecule has 14 heavy (non-hydrogen) atoms. The van der Waals surface area contributed by atoms with Crippen molar-refractivity contribution in [2.75, 3.05) is 7.05 Å². The molecule has 1 aliphatic rings. The molecular weight excluding hydrogens is 174 g/mol. The number of aromatic nitrogens is 2. The van der Waals surface area contributed by atoms with Gasteiger partial charge in [0, 0.05) is 19.3 Å². The quantitative estimate of drug-likeness (QED) is 0.676. The molecule has 0 saturated heterocycles. The van der Waals surface area contributed by atoms with Crippen LogP contribution in [0.1, 0.15) is 31.3 Å². The third-order valence-electron chi connectivity index (χ3n) is 2.54. The smallest absolute Gasteiger partial charge is 0.112 e. The summed E-state index contributed by atoms with van der Waals surface area (Å²) in [5, 5.41) is 0. The molecule has 0 fully saturated rings. The minimum atomic E-state index is 0.437. The van der Waals surface area contributed by atoms with Crippen molar-refractivity contribution < 1.29 is 0 Å². The summed E-state index contributed by atoms with van der Waals surface area (Å²) in [6.45, 7) is 8.31. The second-order valence-corrected chi connectivity index (χ2v) is 3.85. The SMILES string of the molecule is C=C1c2ncn(C(C)C)c2C=CN1C. The number of hydrogen-bond acceptors (Lipinski definition) is 2. The number of fused-ring (bicyclic) bond motifs is 1. The van der Waals surface area contributed by atoms with Gasteiger partial charge in [0.1, 0.15) is 5.69 Å². The summed E-state index contributed by atoms with van der Waals surface area (Å²) in [7, 11) is 1.98. The van der Waals surface area contributed by atoms with Crippen LogP contribution in [0, 0.1) is 0 Å². The fourth-order valence-electron chi connectivity index (χ4n) is 1.61. The van der Waals surface area contributed by atoms with E-state index in [1.54, 1.807) is 0 Å². The van der Waals surface area contributed by atoms with Gasteiger partial charge in [-0.15, -0.1) is 0 Å². The van der Waals surface area contributed by atoms with E-state index in [2.05, 4.69) is 36.1 Å². The molecule has 1 aliphatic heterocycles. The number of imidazole rings is 1. The van der Waals surface area contributed by atoms with E-state index in [0.29, 0.717) is 6.04 Å². The Morgan fingerprint density at radius 1 is 1.43 bits per heavy atom. The van der Waals surface area contributed by atoms with Crippen molar-refractivity contribution in [3.63, 3.8) is 0 Å². The molecule has 2 heterocycles. The summed E-state index contributed by atoms with van der Waals surface area (Å²) in [6.07, 6.45) is 5.98. The lowest BCUT2D eigenvalue weighted by molar-refractivity contribution is 0.590. The molecule has 0 N–H and O–H groups in total. The fraction of sp³-hybridized carbons (Fsp3) is 0.364. The molecule has 0 aliphatic carbocycles. The monoisotopic (exact) mass is 189 g/mol. The summed E-state index contributed by atoms with van der Waals surface area (Å²) >= 11 is 0. The van der Waals surface area contributed by atoms with E-state index in [4.69, 9.17) is 0 Å². The molecule has 0 aromatic carbocycles. The number of rotatable bonds is 1. The Morgan fingerprint density at radius 3 is 2.79 bits per heavy atom. The van der Waals surface area contributed by atoms with Crippen LogP contribution in [0.15, 0.2) is 19.1 Å². The molecule has 3 heteroatoms. The fourth-order valence-corrected chi connectivity index (χ4v) is 1.61. The largest absolute Gasteiger partial charge is 0.350 e. The highest BCUT2D eigenvalue weighted by Gasteiger charge is 2.18. The van der Waals surface area contributed by atoms with Crippen molar-refractivity contribution in [2.45, 2.75) is 19.9 Å². The first-order valence-electron chi connectivity index (χ1n) is 4.78. The van der Waals surface area contributed by atoms with Crippen LogP contribution >= 0.6 is 0 Å². The zero-order valence-electron chi connectivity index (χ0n) is 8.86. The van der Waals surface area contributed by atoms with Gasteiger partial charge in [0.05, 0.1) is 17.7 Å². The molecule has 2 rings (SSSR count). The summed E-state index contributed by atoms with van der Waals surface area (Å²) in [4.78, 5) is 6.37. The summed E-state index contributed by atoms with van der Waals surface area (Å²) in [6, 6.07) is 0.437. The lowest BCUT2D eigenvalue weighted by atomic mass is 10.2. The van der Waals surface area contributed by atoms with Crippen LogP contribution in [0.5, 0.6) is 0 Å². The predicted molar refractivity (Wildman–Crippen MR) is 58.4 cm³/mol. The average molecular weight is 189 g/mol. The minimum absolute atomic E-state index is 0.437. The molecule has 74 valence electrons. The summed E-state index contributed by atoms with van der Waals surface area (Å²) in [5.74, 6) is 0. The lowest BCUT2D eigenvalue weighted by Crippen LogP contribution is -2.14. The van der Waals surface area contributed by atoms with Gasteiger partial charge in [0.25, 0.3) is 0 Å². The Balaban J connectivity index is 2.54. The van der Waals surface area contributed by atoms with Crippen LogP contribution in [0.3, 0.4) is 0 Å². The highest BCUT2D eigenvalue weighted by atomic mass is 15.2. The van der Waals surface area contributed by atoms with Crippen LogP contribution in [0.2, 0.25) is 0 Å². The van der Waals surface area contributed by atoms with Gasteiger partial charge >= 0.3 is 0 Å². The molecule has 1 aromatic heterocycles. The van der Waals surface area contributed by atoms with E-state index in [1.165, 1.54) is 0 Å². The van der Waals surface area contributed by atoms with Gasteiger partial charge in [-0.2, -0.15) is 0 Å². The molecule has 0 unspecified atom stereocenters. The van der Waals surface area contributed by atoms with Crippen molar-refractivity contribution in [2.24, 2.45) is 0 Å². The van der Waals surface area contributed by atoms with E-state index in [0.717, 1.165) is 17.1 Å². The van der Waals surface area contributed by atoms with Crippen LogP contribution in [0.25, 0.3) is 11.8 Å². The molecule has 1 aromatic rings. The summed E-state index contributed by atoms with van der Waals surface area (Å²) < 4.78 is 2.16. The average Bonchev–Trinajstić information content (AvgIpc) is 2.55. The third-order valence-corrected chi connectivity index (χ3v) is 2.54. The van der Waals surface area contributed by atoms with Gasteiger partial charge in [0.15, 0.2) is 0 Å². The maximum Gasteiger partial charge on any atom is 0.112 e. The van der Waals surface area contributed by atoms with Crippen molar-refractivity contribution in [3.8, 4) is 0 Å². The first kappa shape index (κ1) is 9.06. The molecule has 0 bridgehead atoms. The molecule has 0 spiro atoms. The van der Waals surface area contributed by atoms with Crippen molar-refractivity contribution in [3.05, 3.63) is 30.5 Å². The first-order valence-corrected chi connectivity index (χ1v) is 4.78. The second-order valence-electron chi connectivity index (χ2n) is 3.85. The number of hydrogen-bond donors (Lipinski definition) is 0. The molecular formula is C11H15N3. The van der Waals surface area contributed by atoms with Crippen LogP contribution in [0.4, 0.5) is 0 Å². The zero-order chi connectivity index (χ0) is 10.3. The minimum Gasteiger partial charge on any atom is -0.350 e. The molecule has 0 amide bonds. The van der Waals surface area contributed by atoms with Gasteiger partial charge in [-0.05, 0) is 19.9 Å². The van der Waals surface area contributed by atoms with Gasteiger partial charge in [-0.3, -0.25) is 0 Å². The van der Waals surface area contributed by atoms with Gasteiger partial charge < -0.3 is 9.47 Å². The molecule has 3 nitrogen and oxygen atoms in total. The molecule has 0 radical (unpaired) electrons. The summed E-state index contributed by atoms with van der Waals surface area (Å²) in [5.41, 5.74) is 3.11. The lowest BCUT2D eigenvalue weighted by Gasteiger charge is -2.21.